The van der Waals surface area contributed by atoms with Crippen LogP contribution in [-0.4, -0.2) is 71.2 Å². The molecule has 0 saturated heterocycles. The number of benzene rings is 2. The third kappa shape index (κ3) is 15.2. The first-order valence-corrected chi connectivity index (χ1v) is 20.7. The van der Waals surface area contributed by atoms with Gasteiger partial charge in [0.1, 0.15) is 18.6 Å². The van der Waals surface area contributed by atoms with Crippen LogP contribution in [0.1, 0.15) is 71.9 Å². The summed E-state index contributed by atoms with van der Waals surface area (Å²) in [6.07, 6.45) is 4.02. The van der Waals surface area contributed by atoms with Gasteiger partial charge in [-0.05, 0) is 53.7 Å². The number of ketones is 1. The number of hydrogen-bond donors (Lipinski definition) is 1. The zero-order chi connectivity index (χ0) is 37.2. The van der Waals surface area contributed by atoms with Crippen molar-refractivity contribution in [3.63, 3.8) is 0 Å². The van der Waals surface area contributed by atoms with Crippen molar-refractivity contribution in [1.82, 2.24) is 0 Å². The van der Waals surface area contributed by atoms with E-state index in [0.29, 0.717) is 26.2 Å². The Labute approximate surface area is 303 Å². The van der Waals surface area contributed by atoms with Crippen LogP contribution in [0.4, 0.5) is 0 Å². The van der Waals surface area contributed by atoms with Gasteiger partial charge in [-0.15, -0.1) is 0 Å². The van der Waals surface area contributed by atoms with Gasteiger partial charge in [0.25, 0.3) is 0 Å². The molecule has 0 aliphatic rings. The summed E-state index contributed by atoms with van der Waals surface area (Å²) in [6.45, 7) is 18.0. The van der Waals surface area contributed by atoms with E-state index in [0.717, 1.165) is 29.7 Å². The molecule has 8 nitrogen and oxygen atoms in total. The number of aliphatic hydroxyl groups is 1. The standard InChI is InChI=1S/C41H62O8Si/c1-11-16-36(48-30-44-7)27-37(49-50(9,10)41(4,5)6)24-25-38(42)31(2)40(43)32(3)39(47-29-33-17-13-12-14-18-33)19-15-26-46-28-34-20-22-35(45-8)23-21-34/h12-15,17-23,31-32,36-37,39-40,43H,11,16,26-30H2,1-10H3/b19-15+/t31-,32-,36+,37-,39+,40+/m1/s1. The lowest BCUT2D eigenvalue weighted by molar-refractivity contribution is -0.122. The van der Waals surface area contributed by atoms with E-state index in [1.807, 2.05) is 73.7 Å². The average Bonchev–Trinajstić information content (AvgIpc) is 3.09. The van der Waals surface area contributed by atoms with Crippen molar-refractivity contribution in [1.29, 1.82) is 0 Å². The molecule has 0 bridgehead atoms. The lowest BCUT2D eigenvalue weighted by atomic mass is 9.86. The molecular formula is C41H62O8Si. The first-order valence-electron chi connectivity index (χ1n) is 17.8. The number of aliphatic hydroxyl groups excluding tert-OH is 1. The van der Waals surface area contributed by atoms with Crippen molar-refractivity contribution >= 4 is 14.1 Å². The Hall–Kier alpha value is -2.81. The van der Waals surface area contributed by atoms with E-state index >= 15 is 0 Å². The van der Waals surface area contributed by atoms with Gasteiger partial charge in [0.05, 0.1) is 51.2 Å². The van der Waals surface area contributed by atoms with Crippen molar-refractivity contribution in [3.05, 3.63) is 77.9 Å². The van der Waals surface area contributed by atoms with Gasteiger partial charge in [0, 0.05) is 19.4 Å². The number of Topliss-reactive ketones (excluding diaryl/α,β-unsaturated/α-hetero) is 1. The van der Waals surface area contributed by atoms with Gasteiger partial charge < -0.3 is 33.2 Å². The smallest absolute Gasteiger partial charge is 0.210 e. The van der Waals surface area contributed by atoms with Crippen LogP contribution in [-0.2, 0) is 41.4 Å². The summed E-state index contributed by atoms with van der Waals surface area (Å²) in [6, 6.07) is 17.6. The quantitative estimate of drug-likeness (QED) is 0.0327. The van der Waals surface area contributed by atoms with Crippen LogP contribution in [0, 0.1) is 23.7 Å². The topological polar surface area (TPSA) is 92.7 Å². The highest BCUT2D eigenvalue weighted by molar-refractivity contribution is 6.74. The molecule has 0 saturated carbocycles. The Bertz CT molecular complexity index is 1330. The zero-order valence-corrected chi connectivity index (χ0v) is 33.1. The summed E-state index contributed by atoms with van der Waals surface area (Å²) in [5.41, 5.74) is 2.05. The first-order chi connectivity index (χ1) is 23.7. The molecule has 0 unspecified atom stereocenters. The van der Waals surface area contributed by atoms with Crippen LogP contribution in [0.3, 0.4) is 0 Å². The third-order valence-electron chi connectivity index (χ3n) is 9.34. The van der Waals surface area contributed by atoms with Crippen molar-refractivity contribution in [2.24, 2.45) is 11.8 Å². The fourth-order valence-corrected chi connectivity index (χ4v) is 6.26. The normalized spacial score (nSPS) is 15.8. The molecule has 0 aliphatic carbocycles. The Morgan fingerprint density at radius 3 is 2.22 bits per heavy atom. The molecule has 0 fully saturated rings. The summed E-state index contributed by atoms with van der Waals surface area (Å²) in [7, 11) is 1.03. The molecule has 0 heterocycles. The minimum Gasteiger partial charge on any atom is -0.497 e. The summed E-state index contributed by atoms with van der Waals surface area (Å²) >= 11 is 0. The van der Waals surface area contributed by atoms with Crippen molar-refractivity contribution in [3.8, 4) is 17.6 Å². The maximum atomic E-state index is 13.5. The second kappa shape index (κ2) is 22.2. The van der Waals surface area contributed by atoms with Crippen LogP contribution in [0.2, 0.25) is 18.1 Å². The molecule has 9 heteroatoms. The average molecular weight is 711 g/mol. The number of rotatable bonds is 22. The Morgan fingerprint density at radius 1 is 0.960 bits per heavy atom. The minimum absolute atomic E-state index is 0.0352. The number of methoxy groups -OCH3 is 2. The molecule has 50 heavy (non-hydrogen) atoms. The number of ether oxygens (including phenoxy) is 5. The molecule has 2 aromatic rings. The molecule has 0 aliphatic heterocycles. The van der Waals surface area contributed by atoms with E-state index in [4.69, 9.17) is 28.1 Å². The number of carbonyl (C=O) groups is 1. The van der Waals surface area contributed by atoms with Crippen molar-refractivity contribution in [2.45, 2.75) is 117 Å². The maximum Gasteiger partial charge on any atom is 0.210 e. The molecule has 0 amide bonds. The second-order valence-corrected chi connectivity index (χ2v) is 19.2. The van der Waals surface area contributed by atoms with Gasteiger partial charge >= 0.3 is 0 Å². The van der Waals surface area contributed by atoms with E-state index in [1.54, 1.807) is 21.1 Å². The van der Waals surface area contributed by atoms with E-state index in [-0.39, 0.29) is 23.7 Å². The lowest BCUT2D eigenvalue weighted by Gasteiger charge is -2.38. The van der Waals surface area contributed by atoms with Gasteiger partial charge in [-0.3, -0.25) is 4.79 Å². The Balaban J connectivity index is 2.19. The molecule has 2 aromatic carbocycles. The van der Waals surface area contributed by atoms with Crippen LogP contribution in [0.5, 0.6) is 5.75 Å². The van der Waals surface area contributed by atoms with Gasteiger partial charge in [-0.2, -0.15) is 0 Å². The molecule has 2 rings (SSSR count). The minimum atomic E-state index is -2.21. The molecular weight excluding hydrogens is 649 g/mol. The van der Waals surface area contributed by atoms with Crippen molar-refractivity contribution in [2.75, 3.05) is 27.6 Å². The van der Waals surface area contributed by atoms with E-state index in [1.165, 1.54) is 0 Å². The lowest BCUT2D eigenvalue weighted by Crippen LogP contribution is -2.44. The number of carbonyl (C=O) groups excluding carboxylic acids is 1. The first kappa shape index (κ1) is 43.4. The monoisotopic (exact) mass is 710 g/mol. The fourth-order valence-electron chi connectivity index (χ4n) is 5.04. The molecule has 0 aromatic heterocycles. The van der Waals surface area contributed by atoms with Gasteiger partial charge in [0.15, 0.2) is 8.32 Å². The van der Waals surface area contributed by atoms with Gasteiger partial charge in [0.2, 0.25) is 5.78 Å². The molecule has 0 spiro atoms. The van der Waals surface area contributed by atoms with Gasteiger partial charge in [-0.1, -0.05) is 109 Å². The Kier molecular flexibility index (Phi) is 19.2. The SMILES string of the molecule is CCC[C@@H](C[C@@H](C#CC(=O)[C@@H](C)[C@H](O)[C@H](C)[C@H](/C=C/COCc1ccc(OC)cc1)OCc1ccccc1)O[Si](C)(C)C(C)(C)C)OCOC. The third-order valence-corrected chi connectivity index (χ3v) is 13.8. The van der Waals surface area contributed by atoms with E-state index in [9.17, 15) is 9.90 Å². The predicted octanol–water partition coefficient (Wildman–Crippen LogP) is 8.13. The molecule has 6 atom stereocenters. The fraction of sp³-hybridized carbons (Fsp3) is 0.585. The zero-order valence-electron chi connectivity index (χ0n) is 32.1. The summed E-state index contributed by atoms with van der Waals surface area (Å²) < 4.78 is 35.2. The van der Waals surface area contributed by atoms with Crippen LogP contribution in [0.25, 0.3) is 0 Å². The number of hydrogen-bond acceptors (Lipinski definition) is 8. The summed E-state index contributed by atoms with van der Waals surface area (Å²) in [5, 5.41) is 11.5. The van der Waals surface area contributed by atoms with Crippen LogP contribution < -0.4 is 4.74 Å². The van der Waals surface area contributed by atoms with E-state index < -0.39 is 38.5 Å². The maximum absolute atomic E-state index is 13.5. The summed E-state index contributed by atoms with van der Waals surface area (Å²) in [5.74, 6) is 5.30. The highest BCUT2D eigenvalue weighted by Crippen LogP contribution is 2.38. The van der Waals surface area contributed by atoms with Gasteiger partial charge in [-0.25, -0.2) is 0 Å². The predicted molar refractivity (Wildman–Crippen MR) is 202 cm³/mol. The molecule has 1 N–H and O–H groups in total. The summed E-state index contributed by atoms with van der Waals surface area (Å²) in [4.78, 5) is 13.5. The Morgan fingerprint density at radius 2 is 1.62 bits per heavy atom. The van der Waals surface area contributed by atoms with Crippen LogP contribution in [0.15, 0.2) is 66.7 Å². The van der Waals surface area contributed by atoms with Crippen LogP contribution >= 0.6 is 0 Å². The molecule has 0 radical (unpaired) electrons. The highest BCUT2D eigenvalue weighted by atomic mass is 28.4. The van der Waals surface area contributed by atoms with Crippen molar-refractivity contribution < 1.29 is 38.0 Å². The largest absolute Gasteiger partial charge is 0.497 e. The van der Waals surface area contributed by atoms with E-state index in [2.05, 4.69) is 52.6 Å². The molecule has 278 valence electrons. The highest BCUT2D eigenvalue weighted by Gasteiger charge is 2.39. The second-order valence-electron chi connectivity index (χ2n) is 14.4.